The van der Waals surface area contributed by atoms with Crippen LogP contribution in [0.5, 0.6) is 0 Å². The van der Waals surface area contributed by atoms with Crippen molar-refractivity contribution < 1.29 is 4.52 Å². The number of aromatic nitrogens is 4. The molecule has 0 aromatic carbocycles. The van der Waals surface area contributed by atoms with Gasteiger partial charge in [0, 0.05) is 13.0 Å². The largest absolute Gasteiger partial charge is 0.333 e. The number of rotatable bonds is 2. The Morgan fingerprint density at radius 1 is 1.15 bits per heavy atom. The maximum Gasteiger partial charge on any atom is 0.268 e. The molecule has 0 bridgehead atoms. The topological polar surface area (TPSA) is 99.8 Å². The first-order valence-corrected chi connectivity index (χ1v) is 10.5. The smallest absolute Gasteiger partial charge is 0.268 e. The Balaban J connectivity index is 1.63. The van der Waals surface area contributed by atoms with Crippen LogP contribution < -0.4 is 11.3 Å². The maximum absolute atomic E-state index is 13.1. The van der Waals surface area contributed by atoms with E-state index in [4.69, 9.17) is 15.2 Å². The molecule has 0 spiro atoms. The Morgan fingerprint density at radius 2 is 1.96 bits per heavy atom. The van der Waals surface area contributed by atoms with Gasteiger partial charge in [-0.05, 0) is 38.2 Å². The maximum atomic E-state index is 13.1. The molecule has 0 radical (unpaired) electrons. The number of fused-ring (bicyclic) bond motifs is 2. The molecule has 3 aromatic heterocycles. The number of thiophene rings is 1. The lowest BCUT2D eigenvalue weighted by atomic mass is 9.99. The van der Waals surface area contributed by atoms with Gasteiger partial charge < -0.3 is 10.3 Å². The molecule has 7 nitrogen and oxygen atoms in total. The van der Waals surface area contributed by atoms with Crippen molar-refractivity contribution >= 4 is 21.6 Å². The van der Waals surface area contributed by atoms with Crippen LogP contribution in [0.2, 0.25) is 0 Å². The second-order valence-corrected chi connectivity index (χ2v) is 8.82. The molecule has 0 amide bonds. The summed E-state index contributed by atoms with van der Waals surface area (Å²) >= 11 is 1.46. The summed E-state index contributed by atoms with van der Waals surface area (Å²) in [6.07, 6.45) is 8.07. The zero-order chi connectivity index (χ0) is 18.6. The zero-order valence-electron chi connectivity index (χ0n) is 15.5. The van der Waals surface area contributed by atoms with E-state index in [0.717, 1.165) is 79.0 Å². The van der Waals surface area contributed by atoms with Crippen molar-refractivity contribution in [2.24, 2.45) is 5.73 Å². The van der Waals surface area contributed by atoms with E-state index in [1.807, 2.05) is 11.5 Å². The number of nitrogens with two attached hydrogens (primary N) is 1. The quantitative estimate of drug-likeness (QED) is 0.727. The molecule has 142 valence electrons. The van der Waals surface area contributed by atoms with Crippen molar-refractivity contribution in [3.8, 4) is 10.8 Å². The van der Waals surface area contributed by atoms with E-state index in [2.05, 4.69) is 10.1 Å². The van der Waals surface area contributed by atoms with Gasteiger partial charge in [0.05, 0.1) is 15.8 Å². The van der Waals surface area contributed by atoms with E-state index in [9.17, 15) is 4.79 Å². The van der Waals surface area contributed by atoms with Crippen molar-refractivity contribution in [3.63, 3.8) is 0 Å². The summed E-state index contributed by atoms with van der Waals surface area (Å²) in [5, 5.41) is 4.85. The zero-order valence-corrected chi connectivity index (χ0v) is 16.3. The summed E-state index contributed by atoms with van der Waals surface area (Å²) in [4.78, 5) is 24.1. The summed E-state index contributed by atoms with van der Waals surface area (Å²) in [5.41, 5.74) is 6.91. The lowest BCUT2D eigenvalue weighted by Crippen LogP contribution is -2.34. The first-order valence-electron chi connectivity index (χ1n) is 9.73. The van der Waals surface area contributed by atoms with Crippen molar-refractivity contribution in [1.29, 1.82) is 0 Å². The molecule has 2 aliphatic rings. The van der Waals surface area contributed by atoms with Crippen LogP contribution in [0.25, 0.3) is 21.0 Å². The second-order valence-electron chi connectivity index (χ2n) is 7.82. The van der Waals surface area contributed by atoms with E-state index in [0.29, 0.717) is 17.1 Å². The molecular weight excluding hydrogens is 362 g/mol. The molecular formula is C19H23N5O2S. The number of nitrogens with zero attached hydrogens (tertiary/aromatic N) is 4. The summed E-state index contributed by atoms with van der Waals surface area (Å²) in [5.74, 6) is 1.92. The third-order valence-corrected chi connectivity index (χ3v) is 7.15. The van der Waals surface area contributed by atoms with E-state index in [1.165, 1.54) is 11.3 Å². The number of aryl methyl sites for hydroxylation is 2. The highest BCUT2D eigenvalue weighted by atomic mass is 32.1. The fourth-order valence-electron chi connectivity index (χ4n) is 4.36. The molecule has 0 saturated heterocycles. The molecule has 2 N–H and O–H groups in total. The lowest BCUT2D eigenvalue weighted by molar-refractivity contribution is 0.373. The number of hydrogen-bond donors (Lipinski definition) is 1. The summed E-state index contributed by atoms with van der Waals surface area (Å²) in [6.45, 7) is 2.70. The first-order chi connectivity index (χ1) is 13.1. The summed E-state index contributed by atoms with van der Waals surface area (Å²) in [7, 11) is 0. The van der Waals surface area contributed by atoms with E-state index in [-0.39, 0.29) is 5.56 Å². The van der Waals surface area contributed by atoms with Gasteiger partial charge in [-0.3, -0.25) is 9.36 Å². The third-order valence-electron chi connectivity index (χ3n) is 5.97. The molecule has 0 atom stereocenters. The molecule has 1 aliphatic heterocycles. The van der Waals surface area contributed by atoms with Gasteiger partial charge >= 0.3 is 0 Å². The Morgan fingerprint density at radius 3 is 2.78 bits per heavy atom. The Hall–Kier alpha value is -2.06. The molecule has 4 heterocycles. The molecule has 5 rings (SSSR count). The van der Waals surface area contributed by atoms with E-state index < -0.39 is 5.54 Å². The van der Waals surface area contributed by atoms with Gasteiger partial charge in [0.2, 0.25) is 0 Å². The first kappa shape index (κ1) is 17.1. The normalized spacial score (nSPS) is 19.3. The average molecular weight is 385 g/mol. The monoisotopic (exact) mass is 385 g/mol. The Kier molecular flexibility index (Phi) is 3.94. The highest BCUT2D eigenvalue weighted by Gasteiger charge is 2.36. The number of hydrogen-bond acceptors (Lipinski definition) is 7. The van der Waals surface area contributed by atoms with Crippen LogP contribution in [0.1, 0.15) is 62.2 Å². The molecule has 3 aromatic rings. The highest BCUT2D eigenvalue weighted by Crippen LogP contribution is 2.38. The fourth-order valence-corrected chi connectivity index (χ4v) is 5.47. The van der Waals surface area contributed by atoms with E-state index in [1.54, 1.807) is 0 Å². The summed E-state index contributed by atoms with van der Waals surface area (Å²) in [6, 6.07) is 0. The molecule has 1 fully saturated rings. The van der Waals surface area contributed by atoms with Gasteiger partial charge in [-0.15, -0.1) is 11.3 Å². The van der Waals surface area contributed by atoms with Crippen LogP contribution in [-0.2, 0) is 18.5 Å². The van der Waals surface area contributed by atoms with Crippen LogP contribution in [0, 0.1) is 6.92 Å². The van der Waals surface area contributed by atoms with Crippen LogP contribution in [0.4, 0.5) is 0 Å². The Labute approximate surface area is 160 Å². The SMILES string of the molecule is Cc1c(-c2nc(C3(N)CCCC3)no2)sc2nc3n(c(=O)c12)CCCCC3. The minimum absolute atomic E-state index is 0.0581. The van der Waals surface area contributed by atoms with Crippen molar-refractivity contribution in [1.82, 2.24) is 19.7 Å². The fraction of sp³-hybridized carbons (Fsp3) is 0.579. The summed E-state index contributed by atoms with van der Waals surface area (Å²) < 4.78 is 7.41. The van der Waals surface area contributed by atoms with Crippen molar-refractivity contribution in [3.05, 3.63) is 27.6 Å². The standard InChI is InChI=1S/C19H23N5O2S/c1-11-13-16(21-12-7-3-2-6-10-24(12)17(13)25)27-14(11)15-22-18(23-26-15)19(20)8-4-5-9-19/h2-10,20H2,1H3. The molecule has 27 heavy (non-hydrogen) atoms. The van der Waals surface area contributed by atoms with Gasteiger partial charge in [0.25, 0.3) is 11.4 Å². The van der Waals surface area contributed by atoms with Gasteiger partial charge in [-0.1, -0.05) is 24.4 Å². The van der Waals surface area contributed by atoms with E-state index >= 15 is 0 Å². The minimum Gasteiger partial charge on any atom is -0.333 e. The predicted octanol–water partition coefficient (Wildman–Crippen LogP) is 3.27. The highest BCUT2D eigenvalue weighted by molar-refractivity contribution is 7.22. The van der Waals surface area contributed by atoms with Gasteiger partial charge in [-0.2, -0.15) is 4.98 Å². The average Bonchev–Trinajstić information content (AvgIpc) is 3.32. The van der Waals surface area contributed by atoms with Crippen LogP contribution >= 0.6 is 11.3 Å². The molecule has 1 saturated carbocycles. The van der Waals surface area contributed by atoms with Crippen molar-refractivity contribution in [2.45, 2.75) is 70.4 Å². The van der Waals surface area contributed by atoms with Crippen molar-refractivity contribution in [2.75, 3.05) is 0 Å². The van der Waals surface area contributed by atoms with Gasteiger partial charge in [-0.25, -0.2) is 4.98 Å². The molecule has 0 unspecified atom stereocenters. The molecule has 1 aliphatic carbocycles. The minimum atomic E-state index is -0.485. The third kappa shape index (κ3) is 2.65. The molecule has 8 heteroatoms. The lowest BCUT2D eigenvalue weighted by Gasteiger charge is -2.17. The van der Waals surface area contributed by atoms with Crippen LogP contribution in [0.15, 0.2) is 9.32 Å². The van der Waals surface area contributed by atoms with Crippen LogP contribution in [-0.4, -0.2) is 19.7 Å². The van der Waals surface area contributed by atoms with Gasteiger partial charge in [0.1, 0.15) is 10.7 Å². The predicted molar refractivity (Wildman–Crippen MR) is 104 cm³/mol. The van der Waals surface area contributed by atoms with Gasteiger partial charge in [0.15, 0.2) is 5.82 Å². The van der Waals surface area contributed by atoms with Crippen LogP contribution in [0.3, 0.4) is 0 Å². The second kappa shape index (κ2) is 6.24. The Bertz CT molecular complexity index is 1070.